The van der Waals surface area contributed by atoms with Crippen molar-refractivity contribution in [3.05, 3.63) is 98.8 Å². The molecule has 3 aliphatic heterocycles. The fourth-order valence-electron chi connectivity index (χ4n) is 6.03. The molecule has 3 aromatic rings. The molecule has 0 spiro atoms. The van der Waals surface area contributed by atoms with Crippen LogP contribution in [0.5, 0.6) is 0 Å². The van der Waals surface area contributed by atoms with Crippen LogP contribution in [0, 0.1) is 6.92 Å². The van der Waals surface area contributed by atoms with Crippen LogP contribution in [0.25, 0.3) is 0 Å². The van der Waals surface area contributed by atoms with Crippen LogP contribution in [-0.4, -0.2) is 45.5 Å². The number of carbonyl (C=O) groups is 1. The van der Waals surface area contributed by atoms with E-state index in [2.05, 4.69) is 52.0 Å². The minimum absolute atomic E-state index is 0.227. The first kappa shape index (κ1) is 23.4. The number of fused-ring (bicyclic) bond motifs is 2. The van der Waals surface area contributed by atoms with E-state index in [9.17, 15) is 4.79 Å². The molecule has 5 nitrogen and oxygen atoms in total. The van der Waals surface area contributed by atoms with Gasteiger partial charge in [-0.3, -0.25) is 19.7 Å². The minimum atomic E-state index is 0.227. The number of hydrogen-bond donors (Lipinski definition) is 0. The number of halogens is 1. The average Bonchev–Trinajstić information content (AvgIpc) is 3.29. The third-order valence-corrected chi connectivity index (χ3v) is 8.24. The molecule has 36 heavy (non-hydrogen) atoms. The van der Waals surface area contributed by atoms with Crippen LogP contribution < -0.4 is 0 Å². The highest BCUT2D eigenvalue weighted by Gasteiger charge is 2.34. The third-order valence-electron chi connectivity index (χ3n) is 8.01. The van der Waals surface area contributed by atoms with Crippen molar-refractivity contribution in [1.29, 1.82) is 0 Å². The molecule has 6 heteroatoms. The van der Waals surface area contributed by atoms with E-state index >= 15 is 0 Å². The number of nitrogens with zero attached hydrogens (tertiary/aromatic N) is 4. The molecule has 0 saturated carbocycles. The van der Waals surface area contributed by atoms with E-state index in [1.807, 2.05) is 31.3 Å². The van der Waals surface area contributed by atoms with Gasteiger partial charge in [-0.15, -0.1) is 0 Å². The summed E-state index contributed by atoms with van der Waals surface area (Å²) in [6.07, 6.45) is 4.47. The van der Waals surface area contributed by atoms with E-state index in [1.54, 1.807) is 0 Å². The molecule has 2 aromatic carbocycles. The van der Waals surface area contributed by atoms with Crippen molar-refractivity contribution in [3.63, 3.8) is 0 Å². The Kier molecular flexibility index (Phi) is 6.14. The van der Waals surface area contributed by atoms with Crippen LogP contribution in [0.3, 0.4) is 0 Å². The molecule has 0 bridgehead atoms. The minimum Gasteiger partial charge on any atom is -0.334 e. The maximum atomic E-state index is 13.3. The third kappa shape index (κ3) is 4.35. The highest BCUT2D eigenvalue weighted by atomic mass is 35.5. The molecular weight excluding hydrogens is 468 g/mol. The van der Waals surface area contributed by atoms with Gasteiger partial charge in [0.25, 0.3) is 0 Å². The molecule has 1 fully saturated rings. The number of benzene rings is 2. The summed E-state index contributed by atoms with van der Waals surface area (Å²) in [4.78, 5) is 27.2. The summed E-state index contributed by atoms with van der Waals surface area (Å²) in [5.41, 5.74) is 9.22. The average molecular weight is 499 g/mol. The molecular formula is C30H31ClN4O. The molecule has 1 amide bonds. The van der Waals surface area contributed by atoms with Gasteiger partial charge < -0.3 is 4.90 Å². The number of aliphatic imine (C=N–C) groups is 1. The molecule has 1 saturated heterocycles. The lowest BCUT2D eigenvalue weighted by Gasteiger charge is -2.43. The number of aromatic nitrogens is 1. The van der Waals surface area contributed by atoms with Gasteiger partial charge in [0.15, 0.2) is 0 Å². The van der Waals surface area contributed by atoms with Gasteiger partial charge in [-0.05, 0) is 85.8 Å². The SMILES string of the molecule is Cc1cc(C2=NCc3cc4c(cc32)CN([C@@H]2CCCN(C(C)c3cccc(Cl)c3)C2)C(=O)C4)ccn1. The predicted octanol–water partition coefficient (Wildman–Crippen LogP) is 5.50. The maximum absolute atomic E-state index is 13.3. The van der Waals surface area contributed by atoms with E-state index in [0.29, 0.717) is 19.5 Å². The Hall–Kier alpha value is -3.02. The Morgan fingerprint density at radius 2 is 1.97 bits per heavy atom. The maximum Gasteiger partial charge on any atom is 0.227 e. The molecule has 2 atom stereocenters. The first-order valence-electron chi connectivity index (χ1n) is 12.9. The van der Waals surface area contributed by atoms with Gasteiger partial charge in [0.2, 0.25) is 5.91 Å². The van der Waals surface area contributed by atoms with Crippen molar-refractivity contribution in [2.24, 2.45) is 4.99 Å². The van der Waals surface area contributed by atoms with Gasteiger partial charge in [0, 0.05) is 53.2 Å². The Morgan fingerprint density at radius 1 is 1.08 bits per heavy atom. The van der Waals surface area contributed by atoms with Gasteiger partial charge in [-0.2, -0.15) is 0 Å². The molecule has 1 aromatic heterocycles. The van der Waals surface area contributed by atoms with Crippen molar-refractivity contribution in [2.45, 2.75) is 58.3 Å². The largest absolute Gasteiger partial charge is 0.334 e. The Morgan fingerprint density at radius 3 is 2.81 bits per heavy atom. The van der Waals surface area contributed by atoms with Crippen LogP contribution in [0.2, 0.25) is 5.02 Å². The summed E-state index contributed by atoms with van der Waals surface area (Å²) in [5, 5.41) is 0.771. The monoisotopic (exact) mass is 498 g/mol. The summed E-state index contributed by atoms with van der Waals surface area (Å²) < 4.78 is 0. The number of rotatable bonds is 4. The lowest BCUT2D eigenvalue weighted by molar-refractivity contribution is -0.136. The number of carbonyl (C=O) groups excluding carboxylic acids is 1. The van der Waals surface area contributed by atoms with Gasteiger partial charge in [0.05, 0.1) is 18.7 Å². The zero-order chi connectivity index (χ0) is 24.8. The normalized spacial score (nSPS) is 20.6. The van der Waals surface area contributed by atoms with Crippen LogP contribution in [0.4, 0.5) is 0 Å². The van der Waals surface area contributed by atoms with Crippen LogP contribution >= 0.6 is 11.6 Å². The zero-order valence-corrected chi connectivity index (χ0v) is 21.6. The fraction of sp³-hybridized carbons (Fsp3) is 0.367. The Balaban J connectivity index is 1.23. The van der Waals surface area contributed by atoms with Crippen molar-refractivity contribution in [3.8, 4) is 0 Å². The smallest absolute Gasteiger partial charge is 0.227 e. The molecule has 4 heterocycles. The van der Waals surface area contributed by atoms with Crippen molar-refractivity contribution in [1.82, 2.24) is 14.8 Å². The summed E-state index contributed by atoms with van der Waals surface area (Å²) >= 11 is 6.26. The predicted molar refractivity (Wildman–Crippen MR) is 143 cm³/mol. The van der Waals surface area contributed by atoms with Crippen molar-refractivity contribution in [2.75, 3.05) is 13.1 Å². The Bertz CT molecular complexity index is 1370. The summed E-state index contributed by atoms with van der Waals surface area (Å²) in [5.74, 6) is 0.244. The van der Waals surface area contributed by atoms with E-state index in [-0.39, 0.29) is 18.0 Å². The summed E-state index contributed by atoms with van der Waals surface area (Å²) in [7, 11) is 0. The number of likely N-dealkylation sites (tertiary alicyclic amines) is 1. The number of amides is 1. The number of aryl methyl sites for hydroxylation is 1. The second kappa shape index (κ2) is 9.45. The second-order valence-electron chi connectivity index (χ2n) is 10.3. The molecule has 184 valence electrons. The molecule has 6 rings (SSSR count). The van der Waals surface area contributed by atoms with Gasteiger partial charge in [0.1, 0.15) is 0 Å². The zero-order valence-electron chi connectivity index (χ0n) is 20.9. The van der Waals surface area contributed by atoms with Gasteiger partial charge >= 0.3 is 0 Å². The van der Waals surface area contributed by atoms with Crippen molar-refractivity contribution >= 4 is 23.2 Å². The first-order chi connectivity index (χ1) is 17.5. The molecule has 1 unspecified atom stereocenters. The second-order valence-corrected chi connectivity index (χ2v) is 10.8. The lowest BCUT2D eigenvalue weighted by atomic mass is 9.89. The van der Waals surface area contributed by atoms with Crippen molar-refractivity contribution < 1.29 is 4.79 Å². The van der Waals surface area contributed by atoms with Crippen LogP contribution in [0.1, 0.15) is 64.9 Å². The number of hydrogen-bond acceptors (Lipinski definition) is 4. The van der Waals surface area contributed by atoms with Gasteiger partial charge in [-0.25, -0.2) is 0 Å². The van der Waals surface area contributed by atoms with E-state index in [0.717, 1.165) is 53.5 Å². The van der Waals surface area contributed by atoms with E-state index in [1.165, 1.54) is 22.3 Å². The molecule has 0 N–H and O–H groups in total. The van der Waals surface area contributed by atoms with E-state index in [4.69, 9.17) is 16.6 Å². The fourth-order valence-corrected chi connectivity index (χ4v) is 6.23. The quantitative estimate of drug-likeness (QED) is 0.477. The molecule has 3 aliphatic rings. The summed E-state index contributed by atoms with van der Waals surface area (Å²) in [6, 6.07) is 17.3. The van der Waals surface area contributed by atoms with E-state index < -0.39 is 0 Å². The topological polar surface area (TPSA) is 48.8 Å². The van der Waals surface area contributed by atoms with Gasteiger partial charge in [-0.1, -0.05) is 29.8 Å². The lowest BCUT2D eigenvalue weighted by Crippen LogP contribution is -2.52. The van der Waals surface area contributed by atoms with Crippen LogP contribution in [-0.2, 0) is 24.3 Å². The highest BCUT2D eigenvalue weighted by Crippen LogP contribution is 2.33. The first-order valence-corrected chi connectivity index (χ1v) is 13.3. The molecule has 0 radical (unpaired) electrons. The summed E-state index contributed by atoms with van der Waals surface area (Å²) in [6.45, 7) is 7.54. The Labute approximate surface area is 217 Å². The number of pyridine rings is 1. The standard InChI is InChI=1S/C30H31ClN4O/c1-19-11-22(8-9-32-19)30-28-14-25-17-35(29(36)15-23(25)12-24(28)16-33-30)27-7-4-10-34(18-27)20(2)21-5-3-6-26(31)13-21/h3,5-6,8-9,11-14,20,27H,4,7,10,15-18H2,1-2H3/t20?,27-/m1/s1. The van der Waals surface area contributed by atoms with Crippen LogP contribution in [0.15, 0.2) is 59.7 Å². The highest BCUT2D eigenvalue weighted by molar-refractivity contribution is 6.30. The number of piperidine rings is 1. The molecule has 0 aliphatic carbocycles.